The summed E-state index contributed by atoms with van der Waals surface area (Å²) >= 11 is 0. The molecule has 1 fully saturated rings. The number of nitrogens with zero attached hydrogens (tertiary/aromatic N) is 2. The molecule has 0 bridgehead atoms. The Morgan fingerprint density at radius 1 is 1.00 bits per heavy atom. The van der Waals surface area contributed by atoms with Crippen LogP contribution in [0.3, 0.4) is 0 Å². The van der Waals surface area contributed by atoms with Gasteiger partial charge in [0.15, 0.2) is 0 Å². The van der Waals surface area contributed by atoms with E-state index < -0.39 is 4.92 Å². The highest BCUT2D eigenvalue weighted by Gasteiger charge is 2.26. The number of para-hydroxylation sites is 1. The summed E-state index contributed by atoms with van der Waals surface area (Å²) in [6.07, 6.45) is 4.19. The third-order valence-electron chi connectivity index (χ3n) is 6.36. The molecule has 34 heavy (non-hydrogen) atoms. The van der Waals surface area contributed by atoms with Gasteiger partial charge in [-0.2, -0.15) is 0 Å². The summed E-state index contributed by atoms with van der Waals surface area (Å²) in [5.74, 6) is 1.22. The molecule has 7 heteroatoms. The summed E-state index contributed by atoms with van der Waals surface area (Å²) in [7, 11) is 0. The molecule has 0 spiro atoms. The predicted octanol–water partition coefficient (Wildman–Crippen LogP) is 6.01. The quantitative estimate of drug-likeness (QED) is 0.273. The minimum atomic E-state index is -0.394. The molecule has 1 amide bonds. The van der Waals surface area contributed by atoms with E-state index in [0.717, 1.165) is 53.7 Å². The van der Waals surface area contributed by atoms with Crippen molar-refractivity contribution in [1.82, 2.24) is 9.88 Å². The number of H-pyrrole nitrogens is 1. The van der Waals surface area contributed by atoms with Crippen LogP contribution in [0.4, 0.5) is 5.69 Å². The zero-order valence-corrected chi connectivity index (χ0v) is 18.6. The number of hydrogen-bond donors (Lipinski definition) is 1. The highest BCUT2D eigenvalue weighted by molar-refractivity contribution is 5.87. The van der Waals surface area contributed by atoms with Crippen molar-refractivity contribution < 1.29 is 14.5 Å². The maximum Gasteiger partial charge on any atom is 0.270 e. The van der Waals surface area contributed by atoms with E-state index in [1.807, 2.05) is 65.7 Å². The molecule has 1 atom stereocenters. The van der Waals surface area contributed by atoms with E-state index in [0.29, 0.717) is 5.75 Å². The van der Waals surface area contributed by atoms with Crippen LogP contribution in [0, 0.1) is 10.1 Å². The fourth-order valence-electron chi connectivity index (χ4n) is 4.63. The maximum atomic E-state index is 13.2. The minimum absolute atomic E-state index is 0.0270. The number of likely N-dealkylation sites (tertiary alicyclic amines) is 1. The molecular formula is C27H25N3O4. The number of non-ortho nitro benzene ring substituents is 1. The average Bonchev–Trinajstić information content (AvgIpc) is 3.53. The van der Waals surface area contributed by atoms with Gasteiger partial charge in [0.2, 0.25) is 5.91 Å². The van der Waals surface area contributed by atoms with Crippen LogP contribution in [0.15, 0.2) is 79.0 Å². The monoisotopic (exact) mass is 455 g/mol. The Kier molecular flexibility index (Phi) is 5.99. The van der Waals surface area contributed by atoms with E-state index in [1.165, 1.54) is 6.07 Å². The number of aromatic amines is 1. The largest absolute Gasteiger partial charge is 0.457 e. The van der Waals surface area contributed by atoms with Gasteiger partial charge < -0.3 is 14.6 Å². The molecule has 0 aliphatic carbocycles. The number of nitrogens with one attached hydrogen (secondary N) is 1. The zero-order valence-electron chi connectivity index (χ0n) is 18.6. The maximum absolute atomic E-state index is 13.2. The molecule has 1 unspecified atom stereocenters. The van der Waals surface area contributed by atoms with Crippen molar-refractivity contribution in [3.05, 3.63) is 100 Å². The summed E-state index contributed by atoms with van der Waals surface area (Å²) in [6, 6.07) is 22.0. The van der Waals surface area contributed by atoms with Crippen LogP contribution in [0.2, 0.25) is 0 Å². The molecule has 2 heterocycles. The van der Waals surface area contributed by atoms with E-state index in [4.69, 9.17) is 4.74 Å². The Labute approximate surface area is 197 Å². The van der Waals surface area contributed by atoms with Gasteiger partial charge in [-0.3, -0.25) is 14.9 Å². The second-order valence-electron chi connectivity index (χ2n) is 8.56. The molecule has 172 valence electrons. The number of amides is 1. The molecule has 1 aromatic heterocycles. The predicted molar refractivity (Wildman–Crippen MR) is 130 cm³/mol. The third kappa shape index (κ3) is 4.50. The van der Waals surface area contributed by atoms with Crippen molar-refractivity contribution in [1.29, 1.82) is 0 Å². The molecule has 0 radical (unpaired) electrons. The number of carbonyl (C=O) groups excluding carboxylic acids is 1. The van der Waals surface area contributed by atoms with E-state index in [9.17, 15) is 14.9 Å². The van der Waals surface area contributed by atoms with Crippen molar-refractivity contribution >= 4 is 22.5 Å². The molecule has 5 rings (SSSR count). The van der Waals surface area contributed by atoms with Crippen LogP contribution < -0.4 is 4.74 Å². The molecule has 4 aromatic rings. The Morgan fingerprint density at radius 2 is 1.76 bits per heavy atom. The lowest BCUT2D eigenvalue weighted by molar-refractivity contribution is -0.384. The molecule has 0 saturated carbocycles. The minimum Gasteiger partial charge on any atom is -0.457 e. The molecule has 1 N–H and O–H groups in total. The first-order valence-electron chi connectivity index (χ1n) is 11.4. The van der Waals surface area contributed by atoms with Crippen LogP contribution >= 0.6 is 0 Å². The van der Waals surface area contributed by atoms with E-state index >= 15 is 0 Å². The number of hydrogen-bond acceptors (Lipinski definition) is 4. The van der Waals surface area contributed by atoms with E-state index in [1.54, 1.807) is 12.1 Å². The number of nitro benzene ring substituents is 1. The average molecular weight is 456 g/mol. The fraction of sp³-hybridized carbons (Fsp3) is 0.222. The Hall–Kier alpha value is -4.13. The van der Waals surface area contributed by atoms with Gasteiger partial charge in [0, 0.05) is 54.7 Å². The standard InChI is InChI=1S/C27H25N3O4/c31-27(29-13-4-5-14-29)17-23(25-18-28-26-12-11-20(30(32)33)16-24(25)26)19-7-6-10-22(15-19)34-21-8-2-1-3-9-21/h1-3,6-12,15-16,18,23,28H,4-5,13-14,17H2. The summed E-state index contributed by atoms with van der Waals surface area (Å²) in [5, 5.41) is 12.2. The second kappa shape index (κ2) is 9.39. The molecule has 1 aliphatic heterocycles. The number of aromatic nitrogens is 1. The molecule has 7 nitrogen and oxygen atoms in total. The number of fused-ring (bicyclic) bond motifs is 1. The molecule has 3 aromatic carbocycles. The van der Waals surface area contributed by atoms with Crippen molar-refractivity contribution in [2.45, 2.75) is 25.2 Å². The van der Waals surface area contributed by atoms with Crippen LogP contribution in [-0.2, 0) is 4.79 Å². The van der Waals surface area contributed by atoms with E-state index in [2.05, 4.69) is 4.98 Å². The third-order valence-corrected chi connectivity index (χ3v) is 6.36. The van der Waals surface area contributed by atoms with E-state index in [-0.39, 0.29) is 23.9 Å². The number of nitro groups is 1. The molecular weight excluding hydrogens is 430 g/mol. The summed E-state index contributed by atoms with van der Waals surface area (Å²) < 4.78 is 6.04. The van der Waals surface area contributed by atoms with Crippen molar-refractivity contribution in [2.24, 2.45) is 0 Å². The topological polar surface area (TPSA) is 88.5 Å². The summed E-state index contributed by atoms with van der Waals surface area (Å²) in [6.45, 7) is 1.56. The van der Waals surface area contributed by atoms with Gasteiger partial charge in [-0.15, -0.1) is 0 Å². The Balaban J connectivity index is 1.55. The van der Waals surface area contributed by atoms with Gasteiger partial charge in [0.25, 0.3) is 5.69 Å². The fourth-order valence-corrected chi connectivity index (χ4v) is 4.63. The van der Waals surface area contributed by atoms with Gasteiger partial charge in [0.05, 0.1) is 4.92 Å². The van der Waals surface area contributed by atoms with Crippen LogP contribution in [0.25, 0.3) is 10.9 Å². The number of rotatable bonds is 7. The lowest BCUT2D eigenvalue weighted by Crippen LogP contribution is -2.29. The zero-order chi connectivity index (χ0) is 23.5. The SMILES string of the molecule is O=C(CC(c1cccc(Oc2ccccc2)c1)c1c[nH]c2ccc([N+](=O)[O-])cc12)N1CCCC1. The Bertz CT molecular complexity index is 1330. The molecule has 1 aliphatic rings. The lowest BCUT2D eigenvalue weighted by Gasteiger charge is -2.22. The number of benzene rings is 3. The second-order valence-corrected chi connectivity index (χ2v) is 8.56. The van der Waals surface area contributed by atoms with Gasteiger partial charge >= 0.3 is 0 Å². The smallest absolute Gasteiger partial charge is 0.270 e. The number of ether oxygens (including phenoxy) is 1. The van der Waals surface area contributed by atoms with Gasteiger partial charge in [-0.05, 0) is 54.3 Å². The van der Waals surface area contributed by atoms with Gasteiger partial charge in [0.1, 0.15) is 11.5 Å². The van der Waals surface area contributed by atoms with Crippen LogP contribution in [0.5, 0.6) is 11.5 Å². The summed E-state index contributed by atoms with van der Waals surface area (Å²) in [5.41, 5.74) is 2.62. The lowest BCUT2D eigenvalue weighted by atomic mass is 9.87. The van der Waals surface area contributed by atoms with Crippen LogP contribution in [0.1, 0.15) is 36.3 Å². The highest BCUT2D eigenvalue weighted by Crippen LogP contribution is 2.37. The van der Waals surface area contributed by atoms with Gasteiger partial charge in [-0.25, -0.2) is 0 Å². The van der Waals surface area contributed by atoms with Crippen molar-refractivity contribution in [3.8, 4) is 11.5 Å². The first-order valence-corrected chi connectivity index (χ1v) is 11.4. The number of carbonyl (C=O) groups is 1. The van der Waals surface area contributed by atoms with Crippen molar-refractivity contribution in [3.63, 3.8) is 0 Å². The van der Waals surface area contributed by atoms with Crippen molar-refractivity contribution in [2.75, 3.05) is 13.1 Å². The van der Waals surface area contributed by atoms with Crippen LogP contribution in [-0.4, -0.2) is 33.8 Å². The summed E-state index contributed by atoms with van der Waals surface area (Å²) in [4.78, 5) is 29.3. The van der Waals surface area contributed by atoms with Gasteiger partial charge in [-0.1, -0.05) is 30.3 Å². The first-order chi connectivity index (χ1) is 16.6. The Morgan fingerprint density at radius 3 is 2.53 bits per heavy atom. The highest BCUT2D eigenvalue weighted by atomic mass is 16.6. The molecule has 1 saturated heterocycles. The first kappa shape index (κ1) is 21.7. The normalized spacial score (nSPS) is 14.3.